The van der Waals surface area contributed by atoms with Crippen molar-refractivity contribution in [2.24, 2.45) is 0 Å². The Morgan fingerprint density at radius 1 is 0.759 bits per heavy atom. The van der Waals surface area contributed by atoms with Crippen LogP contribution in [0.15, 0.2) is 33.9 Å². The van der Waals surface area contributed by atoms with Gasteiger partial charge in [-0.15, -0.1) is 0 Å². The summed E-state index contributed by atoms with van der Waals surface area (Å²) in [6, 6.07) is 5.48. The van der Waals surface area contributed by atoms with Crippen molar-refractivity contribution in [3.8, 4) is 0 Å². The van der Waals surface area contributed by atoms with Gasteiger partial charge in [0.2, 0.25) is 0 Å². The molecule has 0 aliphatic rings. The Balaban J connectivity index is 2.10. The second-order valence-corrected chi connectivity index (χ2v) is 7.27. The molecule has 0 N–H and O–H groups in total. The molecule has 7 heteroatoms. The van der Waals surface area contributed by atoms with E-state index in [4.69, 9.17) is 0 Å². The second-order valence-electron chi connectivity index (χ2n) is 7.27. The largest absolute Gasteiger partial charge is 0.307 e. The number of hydrogen-bond donors (Lipinski definition) is 0. The summed E-state index contributed by atoms with van der Waals surface area (Å²) in [4.78, 5) is 25.6. The lowest BCUT2D eigenvalue weighted by Gasteiger charge is -2.10. The van der Waals surface area contributed by atoms with Crippen LogP contribution < -0.4 is 10.9 Å². The first-order valence-electron chi connectivity index (χ1n) is 9.21. The predicted octanol–water partition coefficient (Wildman–Crippen LogP) is 4.89. The molecular formula is C22H13F4NO2. The molecule has 0 fully saturated rings. The highest BCUT2D eigenvalue weighted by Crippen LogP contribution is 2.37. The topological polar surface area (TPSA) is 38.5 Å². The fourth-order valence-corrected chi connectivity index (χ4v) is 4.22. The zero-order chi connectivity index (χ0) is 20.6. The van der Waals surface area contributed by atoms with E-state index in [2.05, 4.69) is 0 Å². The average molecular weight is 399 g/mol. The Kier molecular flexibility index (Phi) is 3.62. The summed E-state index contributed by atoms with van der Waals surface area (Å²) in [5.74, 6) is -7.10. The predicted molar refractivity (Wildman–Crippen MR) is 103 cm³/mol. The molecule has 0 aliphatic heterocycles. The van der Waals surface area contributed by atoms with E-state index in [0.717, 1.165) is 30.5 Å². The first-order chi connectivity index (χ1) is 13.8. The van der Waals surface area contributed by atoms with E-state index in [9.17, 15) is 27.2 Å². The molecule has 146 valence electrons. The summed E-state index contributed by atoms with van der Waals surface area (Å²) in [7, 11) is 0. The Morgan fingerprint density at radius 2 is 1.24 bits per heavy atom. The molecule has 0 unspecified atom stereocenters. The fourth-order valence-electron chi connectivity index (χ4n) is 4.22. The Labute approximate surface area is 160 Å². The molecule has 0 bridgehead atoms. The third kappa shape index (κ3) is 2.18. The number of benzene rings is 2. The van der Waals surface area contributed by atoms with Gasteiger partial charge < -0.3 is 4.40 Å². The van der Waals surface area contributed by atoms with Gasteiger partial charge in [-0.25, -0.2) is 17.6 Å². The van der Waals surface area contributed by atoms with Crippen LogP contribution in [-0.2, 0) is 6.42 Å². The van der Waals surface area contributed by atoms with Crippen LogP contribution in [0.1, 0.15) is 25.3 Å². The second kappa shape index (κ2) is 5.89. The lowest BCUT2D eigenvalue weighted by atomic mass is 10.0. The highest BCUT2D eigenvalue weighted by molar-refractivity contribution is 6.14. The minimum absolute atomic E-state index is 0.103. The van der Waals surface area contributed by atoms with Crippen LogP contribution in [0.5, 0.6) is 0 Å². The molecule has 29 heavy (non-hydrogen) atoms. The van der Waals surface area contributed by atoms with Gasteiger partial charge in [-0.05, 0) is 30.5 Å². The molecule has 3 nitrogen and oxygen atoms in total. The number of aryl methyl sites for hydroxylation is 1. The summed E-state index contributed by atoms with van der Waals surface area (Å²) < 4.78 is 58.3. The molecule has 5 aromatic rings. The van der Waals surface area contributed by atoms with E-state index >= 15 is 0 Å². The van der Waals surface area contributed by atoms with Crippen LogP contribution in [0.2, 0.25) is 0 Å². The monoisotopic (exact) mass is 399 g/mol. The van der Waals surface area contributed by atoms with Gasteiger partial charge >= 0.3 is 0 Å². The number of fused-ring (bicyclic) bond motifs is 3. The van der Waals surface area contributed by atoms with Gasteiger partial charge in [0.15, 0.2) is 34.1 Å². The molecule has 5 rings (SSSR count). The summed E-state index contributed by atoms with van der Waals surface area (Å²) >= 11 is 0. The molecular weight excluding hydrogens is 386 g/mol. The van der Waals surface area contributed by atoms with Crippen molar-refractivity contribution >= 4 is 38.1 Å². The smallest absolute Gasteiger partial charge is 0.198 e. The zero-order valence-corrected chi connectivity index (χ0v) is 15.2. The maximum atomic E-state index is 14.6. The molecule has 0 radical (unpaired) electrons. The molecule has 0 aliphatic carbocycles. The number of nitrogens with zero attached hydrogens (tertiary/aromatic N) is 1. The first-order valence-corrected chi connectivity index (χ1v) is 9.21. The number of aromatic nitrogens is 1. The summed E-state index contributed by atoms with van der Waals surface area (Å²) in [5, 5.41) is -0.651. The van der Waals surface area contributed by atoms with Gasteiger partial charge in [-0.1, -0.05) is 13.3 Å². The quantitative estimate of drug-likeness (QED) is 0.246. The highest BCUT2D eigenvalue weighted by Gasteiger charge is 2.28. The molecule has 0 atom stereocenters. The minimum Gasteiger partial charge on any atom is -0.307 e. The molecule has 0 amide bonds. The zero-order valence-electron chi connectivity index (χ0n) is 15.2. The van der Waals surface area contributed by atoms with E-state index in [0.29, 0.717) is 6.42 Å². The third-order valence-corrected chi connectivity index (χ3v) is 5.54. The number of halogens is 4. The van der Waals surface area contributed by atoms with Crippen LogP contribution in [0.4, 0.5) is 17.6 Å². The van der Waals surface area contributed by atoms with Crippen molar-refractivity contribution in [2.45, 2.75) is 26.2 Å². The standard InChI is InChI=1S/C22H13F4NO2/c1-2-3-4-9-5-10-14(28)7-12-16-17(19(24)21(26)20(25)18(16)23)13-8-15(29)11(6-9)22(10)27(12)13/h5-8H,2-4H2,1H3. The van der Waals surface area contributed by atoms with E-state index in [1.807, 2.05) is 6.92 Å². The van der Waals surface area contributed by atoms with Gasteiger partial charge in [0, 0.05) is 22.9 Å². The van der Waals surface area contributed by atoms with Crippen molar-refractivity contribution in [1.82, 2.24) is 4.40 Å². The third-order valence-electron chi connectivity index (χ3n) is 5.54. The van der Waals surface area contributed by atoms with E-state index in [-0.39, 0.29) is 27.3 Å². The first kappa shape index (κ1) is 17.8. The summed E-state index contributed by atoms with van der Waals surface area (Å²) in [6.07, 6.45) is 2.47. The van der Waals surface area contributed by atoms with Crippen molar-refractivity contribution < 1.29 is 17.6 Å². The molecule has 3 aromatic heterocycles. The SMILES string of the molecule is CCCCc1cc2c(=O)cc3c4c(F)c(F)c(F)c(F)c4c4cc(=O)c(c1)c2n34. The van der Waals surface area contributed by atoms with Gasteiger partial charge in [0.05, 0.1) is 27.3 Å². The maximum absolute atomic E-state index is 14.6. The van der Waals surface area contributed by atoms with Crippen molar-refractivity contribution in [3.63, 3.8) is 0 Å². The van der Waals surface area contributed by atoms with Crippen molar-refractivity contribution in [2.75, 3.05) is 0 Å². The van der Waals surface area contributed by atoms with Gasteiger partial charge in [-0.2, -0.15) is 0 Å². The molecule has 0 spiro atoms. The molecule has 0 saturated carbocycles. The van der Waals surface area contributed by atoms with Crippen LogP contribution >= 0.6 is 0 Å². The van der Waals surface area contributed by atoms with Crippen LogP contribution in [0.3, 0.4) is 0 Å². The number of pyridine rings is 2. The van der Waals surface area contributed by atoms with Gasteiger partial charge in [-0.3, -0.25) is 9.59 Å². The van der Waals surface area contributed by atoms with Crippen LogP contribution in [-0.4, -0.2) is 4.40 Å². The van der Waals surface area contributed by atoms with E-state index in [1.54, 1.807) is 12.1 Å². The molecule has 0 saturated heterocycles. The lowest BCUT2D eigenvalue weighted by molar-refractivity contribution is 0.418. The lowest BCUT2D eigenvalue weighted by Crippen LogP contribution is -2.11. The maximum Gasteiger partial charge on any atom is 0.198 e. The number of rotatable bonds is 3. The van der Waals surface area contributed by atoms with Crippen molar-refractivity contribution in [1.29, 1.82) is 0 Å². The minimum atomic E-state index is -1.96. The van der Waals surface area contributed by atoms with E-state index in [1.165, 1.54) is 4.40 Å². The Bertz CT molecular complexity index is 1460. The van der Waals surface area contributed by atoms with Crippen LogP contribution in [0, 0.1) is 23.3 Å². The van der Waals surface area contributed by atoms with E-state index < -0.39 is 44.9 Å². The van der Waals surface area contributed by atoms with Crippen molar-refractivity contribution in [3.05, 3.63) is 73.5 Å². The molecule has 2 aromatic carbocycles. The van der Waals surface area contributed by atoms with Gasteiger partial charge in [0.1, 0.15) is 0 Å². The Morgan fingerprint density at radius 3 is 1.69 bits per heavy atom. The van der Waals surface area contributed by atoms with Gasteiger partial charge in [0.25, 0.3) is 0 Å². The molecule has 3 heterocycles. The Hall–Kier alpha value is -3.22. The normalized spacial score (nSPS) is 12.3. The number of unbranched alkanes of at least 4 members (excludes halogenated alkanes) is 1. The number of hydrogen-bond acceptors (Lipinski definition) is 2. The summed E-state index contributed by atoms with van der Waals surface area (Å²) in [6.45, 7) is 2.02. The highest BCUT2D eigenvalue weighted by atomic mass is 19.2. The van der Waals surface area contributed by atoms with Crippen LogP contribution in [0.25, 0.3) is 38.1 Å². The fraction of sp³-hybridized carbons (Fsp3) is 0.182. The summed E-state index contributed by atoms with van der Waals surface area (Å²) in [5.41, 5.74) is -0.203. The average Bonchev–Trinajstić information content (AvgIpc) is 3.02.